The summed E-state index contributed by atoms with van der Waals surface area (Å²) in [5.74, 6) is -0.971. The monoisotopic (exact) mass is 192 g/mol. The quantitative estimate of drug-likeness (QED) is 0.476. The second-order valence-corrected chi connectivity index (χ2v) is 2.46. The SMILES string of the molecule is Bc1cc(OC(F)(F)F)ccc1F. The number of hydrogen-bond donors (Lipinski definition) is 0. The molecule has 0 atom stereocenters. The molecule has 0 spiro atoms. The van der Waals surface area contributed by atoms with E-state index >= 15 is 0 Å². The Hall–Kier alpha value is -1.20. The van der Waals surface area contributed by atoms with Crippen LogP contribution in [0.5, 0.6) is 5.75 Å². The maximum absolute atomic E-state index is 12.6. The van der Waals surface area contributed by atoms with E-state index in [0.717, 1.165) is 18.2 Å². The molecule has 0 fully saturated rings. The molecule has 0 unspecified atom stereocenters. The van der Waals surface area contributed by atoms with E-state index in [0.29, 0.717) is 0 Å². The molecule has 0 heterocycles. The van der Waals surface area contributed by atoms with Gasteiger partial charge in [-0.2, -0.15) is 0 Å². The van der Waals surface area contributed by atoms with Gasteiger partial charge in [0.15, 0.2) is 0 Å². The van der Waals surface area contributed by atoms with Gasteiger partial charge in [0.05, 0.1) is 0 Å². The summed E-state index contributed by atoms with van der Waals surface area (Å²) in [6.45, 7) is 0. The predicted molar refractivity (Wildman–Crippen MR) is 41.3 cm³/mol. The Kier molecular flexibility index (Phi) is 2.49. The van der Waals surface area contributed by atoms with Crippen molar-refractivity contribution in [2.45, 2.75) is 6.36 Å². The number of rotatable bonds is 1. The lowest BCUT2D eigenvalue weighted by Gasteiger charge is -2.09. The third-order valence-electron chi connectivity index (χ3n) is 1.36. The molecule has 0 aliphatic rings. The fourth-order valence-corrected chi connectivity index (χ4v) is 0.814. The Bertz CT molecular complexity index is 310. The Morgan fingerprint density at radius 1 is 1.23 bits per heavy atom. The smallest absolute Gasteiger partial charge is 0.406 e. The van der Waals surface area contributed by atoms with E-state index < -0.39 is 17.9 Å². The van der Waals surface area contributed by atoms with Crippen molar-refractivity contribution < 1.29 is 22.3 Å². The van der Waals surface area contributed by atoms with Gasteiger partial charge in [-0.25, -0.2) is 4.39 Å². The highest BCUT2D eigenvalue weighted by Crippen LogP contribution is 2.21. The molecule has 0 radical (unpaired) electrons. The molecule has 1 rings (SSSR count). The summed E-state index contributed by atoms with van der Waals surface area (Å²) in [6, 6.07) is 2.84. The summed E-state index contributed by atoms with van der Waals surface area (Å²) in [5.41, 5.74) is 0.113. The first-order valence-electron chi connectivity index (χ1n) is 3.40. The van der Waals surface area contributed by atoms with Crippen LogP contribution in [0, 0.1) is 5.82 Å². The van der Waals surface area contributed by atoms with Gasteiger partial charge in [-0.3, -0.25) is 0 Å². The second-order valence-electron chi connectivity index (χ2n) is 2.46. The molecule has 0 aliphatic carbocycles. The molecular formula is C7H5BF4O. The largest absolute Gasteiger partial charge is 0.573 e. The van der Waals surface area contributed by atoms with Crippen LogP contribution in [0.1, 0.15) is 0 Å². The molecule has 1 aromatic carbocycles. The van der Waals surface area contributed by atoms with E-state index in [1.165, 1.54) is 7.85 Å². The van der Waals surface area contributed by atoms with Gasteiger partial charge < -0.3 is 4.74 Å². The van der Waals surface area contributed by atoms with Crippen LogP contribution >= 0.6 is 0 Å². The highest BCUT2D eigenvalue weighted by molar-refractivity contribution is 6.32. The molecule has 70 valence electrons. The molecule has 0 N–H and O–H groups in total. The van der Waals surface area contributed by atoms with Crippen molar-refractivity contribution in [2.24, 2.45) is 0 Å². The highest BCUT2D eigenvalue weighted by atomic mass is 19.4. The zero-order chi connectivity index (χ0) is 10.1. The van der Waals surface area contributed by atoms with Gasteiger partial charge in [0.1, 0.15) is 19.4 Å². The summed E-state index contributed by atoms with van der Waals surface area (Å²) in [7, 11) is 1.36. The van der Waals surface area contributed by atoms with Crippen LogP contribution in [0.2, 0.25) is 0 Å². The van der Waals surface area contributed by atoms with Crippen LogP contribution in [-0.2, 0) is 0 Å². The maximum atomic E-state index is 12.6. The van der Waals surface area contributed by atoms with Gasteiger partial charge in [0, 0.05) is 0 Å². The van der Waals surface area contributed by atoms with E-state index in [-0.39, 0.29) is 5.46 Å². The number of hydrogen-bond acceptors (Lipinski definition) is 1. The van der Waals surface area contributed by atoms with Crippen LogP contribution in [-0.4, -0.2) is 14.2 Å². The average molecular weight is 192 g/mol. The van der Waals surface area contributed by atoms with Gasteiger partial charge in [0.2, 0.25) is 0 Å². The Balaban J connectivity index is 2.86. The molecular weight excluding hydrogens is 187 g/mol. The minimum Gasteiger partial charge on any atom is -0.406 e. The third-order valence-corrected chi connectivity index (χ3v) is 1.36. The van der Waals surface area contributed by atoms with Crippen molar-refractivity contribution in [3.05, 3.63) is 24.0 Å². The van der Waals surface area contributed by atoms with Crippen molar-refractivity contribution in [3.8, 4) is 5.75 Å². The van der Waals surface area contributed by atoms with Crippen molar-refractivity contribution in [1.29, 1.82) is 0 Å². The molecule has 0 bridgehead atoms. The zero-order valence-electron chi connectivity index (χ0n) is 6.65. The standard InChI is InChI=1S/C7H5BF4O/c8-5-3-4(1-2-6(5)9)13-7(10,11)12/h1-3H,8H2. The summed E-state index contributed by atoms with van der Waals surface area (Å²) in [4.78, 5) is 0. The van der Waals surface area contributed by atoms with Crippen LogP contribution < -0.4 is 10.2 Å². The van der Waals surface area contributed by atoms with Gasteiger partial charge in [0.25, 0.3) is 0 Å². The lowest BCUT2D eigenvalue weighted by atomic mass is 9.95. The first-order chi connectivity index (χ1) is 5.88. The molecule has 0 saturated heterocycles. The first kappa shape index (κ1) is 9.89. The lowest BCUT2D eigenvalue weighted by molar-refractivity contribution is -0.274. The van der Waals surface area contributed by atoms with Crippen LogP contribution in [0.4, 0.5) is 17.6 Å². The van der Waals surface area contributed by atoms with E-state index in [1.54, 1.807) is 0 Å². The molecule has 0 aromatic heterocycles. The highest BCUT2D eigenvalue weighted by Gasteiger charge is 2.31. The van der Waals surface area contributed by atoms with Crippen LogP contribution in [0.3, 0.4) is 0 Å². The number of benzene rings is 1. The van der Waals surface area contributed by atoms with E-state index in [4.69, 9.17) is 0 Å². The number of alkyl halides is 3. The summed E-state index contributed by atoms with van der Waals surface area (Å²) in [5, 5.41) is 0. The fraction of sp³-hybridized carbons (Fsp3) is 0.143. The van der Waals surface area contributed by atoms with E-state index in [9.17, 15) is 17.6 Å². The van der Waals surface area contributed by atoms with Crippen molar-refractivity contribution >= 4 is 13.3 Å². The molecule has 1 aromatic rings. The summed E-state index contributed by atoms with van der Waals surface area (Å²) in [6.07, 6.45) is -4.73. The Labute approximate surface area is 72.7 Å². The Morgan fingerprint density at radius 2 is 1.85 bits per heavy atom. The number of ether oxygens (including phenoxy) is 1. The van der Waals surface area contributed by atoms with E-state index in [2.05, 4.69) is 4.74 Å². The predicted octanol–water partition coefficient (Wildman–Crippen LogP) is 0.983. The maximum Gasteiger partial charge on any atom is 0.573 e. The topological polar surface area (TPSA) is 9.23 Å². The average Bonchev–Trinajstić information content (AvgIpc) is 1.94. The van der Waals surface area contributed by atoms with Gasteiger partial charge in [-0.1, -0.05) is 5.46 Å². The molecule has 0 amide bonds. The van der Waals surface area contributed by atoms with Gasteiger partial charge in [-0.05, 0) is 18.2 Å². The Morgan fingerprint density at radius 3 is 2.31 bits per heavy atom. The van der Waals surface area contributed by atoms with Gasteiger partial charge >= 0.3 is 6.36 Å². The minimum atomic E-state index is -4.73. The molecule has 6 heteroatoms. The van der Waals surface area contributed by atoms with Crippen molar-refractivity contribution in [1.82, 2.24) is 0 Å². The molecule has 1 nitrogen and oxygen atoms in total. The van der Waals surface area contributed by atoms with Crippen LogP contribution in [0.25, 0.3) is 0 Å². The summed E-state index contributed by atoms with van der Waals surface area (Å²) < 4.78 is 51.1. The lowest BCUT2D eigenvalue weighted by Crippen LogP contribution is -2.19. The first-order valence-corrected chi connectivity index (χ1v) is 3.40. The van der Waals surface area contributed by atoms with Crippen LogP contribution in [0.15, 0.2) is 18.2 Å². The van der Waals surface area contributed by atoms with Gasteiger partial charge in [-0.15, -0.1) is 13.2 Å². The molecule has 0 saturated carbocycles. The molecule has 0 aliphatic heterocycles. The third kappa shape index (κ3) is 2.97. The normalized spacial score (nSPS) is 11.4. The van der Waals surface area contributed by atoms with E-state index in [1.807, 2.05) is 0 Å². The molecule has 13 heavy (non-hydrogen) atoms. The zero-order valence-corrected chi connectivity index (χ0v) is 6.65. The second kappa shape index (κ2) is 3.28. The summed E-state index contributed by atoms with van der Waals surface area (Å²) >= 11 is 0. The fourth-order valence-electron chi connectivity index (χ4n) is 0.814. The minimum absolute atomic E-state index is 0.113. The number of halogens is 4. The van der Waals surface area contributed by atoms with Crippen molar-refractivity contribution in [3.63, 3.8) is 0 Å². The van der Waals surface area contributed by atoms with Crippen molar-refractivity contribution in [2.75, 3.05) is 0 Å².